The third-order valence-corrected chi connectivity index (χ3v) is 6.71. The molecule has 1 atom stereocenters. The molecule has 8 heteroatoms. The maximum atomic E-state index is 13.2. The lowest BCUT2D eigenvalue weighted by Crippen LogP contribution is -2.42. The monoisotopic (exact) mass is 484 g/mol. The van der Waals surface area contributed by atoms with Gasteiger partial charge in [0.25, 0.3) is 5.91 Å². The SMILES string of the molecule is CCOC(=O)C1CCCN(C(=O)c2cccc(CSc3nc(N(C)C)cc(C(C)(C)C)n3)c2)C1. The van der Waals surface area contributed by atoms with Gasteiger partial charge in [-0.25, -0.2) is 9.97 Å². The standard InChI is InChI=1S/C26H36N4O3S/c1-7-33-24(32)20-12-9-13-30(16-20)23(31)19-11-8-10-18(14-19)17-34-25-27-21(26(2,3)4)15-22(28-25)29(5)6/h8,10-11,14-15,20H,7,9,12-13,16-17H2,1-6H3. The van der Waals surface area contributed by atoms with E-state index in [0.717, 1.165) is 35.1 Å². The normalized spacial score (nSPS) is 16.3. The largest absolute Gasteiger partial charge is 0.466 e. The molecule has 3 rings (SSSR count). The third kappa shape index (κ3) is 6.72. The number of rotatable bonds is 7. The minimum Gasteiger partial charge on any atom is -0.466 e. The molecular weight excluding hydrogens is 448 g/mol. The third-order valence-electron chi connectivity index (χ3n) is 5.79. The summed E-state index contributed by atoms with van der Waals surface area (Å²) in [5.41, 5.74) is 2.59. The zero-order chi connectivity index (χ0) is 24.9. The van der Waals surface area contributed by atoms with Gasteiger partial charge in [-0.15, -0.1) is 0 Å². The van der Waals surface area contributed by atoms with Gasteiger partial charge in [0.1, 0.15) is 5.82 Å². The van der Waals surface area contributed by atoms with Crippen LogP contribution in [-0.2, 0) is 20.7 Å². The fourth-order valence-electron chi connectivity index (χ4n) is 3.83. The number of amides is 1. The Morgan fingerprint density at radius 1 is 1.21 bits per heavy atom. The summed E-state index contributed by atoms with van der Waals surface area (Å²) in [4.78, 5) is 38.5. The minimum absolute atomic E-state index is 0.0401. The lowest BCUT2D eigenvalue weighted by molar-refractivity contribution is -0.149. The Morgan fingerprint density at radius 3 is 2.65 bits per heavy atom. The molecule has 0 bridgehead atoms. The molecule has 1 aliphatic heterocycles. The molecule has 1 saturated heterocycles. The molecular formula is C26H36N4O3S. The van der Waals surface area contributed by atoms with Crippen LogP contribution in [0.5, 0.6) is 0 Å². The van der Waals surface area contributed by atoms with Crippen molar-refractivity contribution in [1.29, 1.82) is 0 Å². The number of hydrogen-bond donors (Lipinski definition) is 0. The van der Waals surface area contributed by atoms with Gasteiger partial charge in [-0.2, -0.15) is 0 Å². The summed E-state index contributed by atoms with van der Waals surface area (Å²) < 4.78 is 5.17. The highest BCUT2D eigenvalue weighted by atomic mass is 32.2. The van der Waals surface area contributed by atoms with E-state index in [1.807, 2.05) is 49.3 Å². The first-order valence-electron chi connectivity index (χ1n) is 11.8. The number of esters is 1. The minimum atomic E-state index is -0.241. The van der Waals surface area contributed by atoms with Crippen molar-refractivity contribution in [3.05, 3.63) is 47.2 Å². The molecule has 184 valence electrons. The van der Waals surface area contributed by atoms with Gasteiger partial charge in [0.2, 0.25) is 0 Å². The predicted molar refractivity (Wildman–Crippen MR) is 136 cm³/mol. The number of benzene rings is 1. The number of likely N-dealkylation sites (tertiary alicyclic amines) is 1. The number of thioether (sulfide) groups is 1. The second-order valence-electron chi connectivity index (χ2n) is 9.87. The Balaban J connectivity index is 1.71. The lowest BCUT2D eigenvalue weighted by Gasteiger charge is -2.31. The van der Waals surface area contributed by atoms with Crippen LogP contribution in [-0.4, -0.2) is 60.5 Å². The van der Waals surface area contributed by atoms with E-state index >= 15 is 0 Å². The maximum Gasteiger partial charge on any atom is 0.310 e. The Kier molecular flexibility index (Phi) is 8.57. The van der Waals surface area contributed by atoms with Gasteiger partial charge in [0.05, 0.1) is 18.2 Å². The second-order valence-corrected chi connectivity index (χ2v) is 10.8. The maximum absolute atomic E-state index is 13.2. The van der Waals surface area contributed by atoms with Gasteiger partial charge < -0.3 is 14.5 Å². The van der Waals surface area contributed by atoms with E-state index in [9.17, 15) is 9.59 Å². The summed E-state index contributed by atoms with van der Waals surface area (Å²) in [6, 6.07) is 9.73. The van der Waals surface area contributed by atoms with E-state index in [4.69, 9.17) is 14.7 Å². The van der Waals surface area contributed by atoms with Crippen LogP contribution in [0.4, 0.5) is 5.82 Å². The number of carbonyl (C=O) groups is 2. The van der Waals surface area contributed by atoms with Gasteiger partial charge >= 0.3 is 5.97 Å². The average molecular weight is 485 g/mol. The van der Waals surface area contributed by atoms with Gasteiger partial charge in [-0.1, -0.05) is 44.7 Å². The molecule has 0 aliphatic carbocycles. The van der Waals surface area contributed by atoms with Gasteiger partial charge in [-0.05, 0) is 37.5 Å². The molecule has 1 amide bonds. The van der Waals surface area contributed by atoms with Crippen LogP contribution < -0.4 is 4.90 Å². The van der Waals surface area contributed by atoms with E-state index in [0.29, 0.717) is 31.0 Å². The first-order valence-corrected chi connectivity index (χ1v) is 12.8. The number of ether oxygens (including phenoxy) is 1. The molecule has 1 aromatic heterocycles. The van der Waals surface area contributed by atoms with Crippen LogP contribution in [0.2, 0.25) is 0 Å². The van der Waals surface area contributed by atoms with Crippen molar-refractivity contribution in [3.8, 4) is 0 Å². The van der Waals surface area contributed by atoms with Crippen molar-refractivity contribution in [3.63, 3.8) is 0 Å². The molecule has 0 saturated carbocycles. The van der Waals surface area contributed by atoms with E-state index < -0.39 is 0 Å². The second kappa shape index (κ2) is 11.2. The van der Waals surface area contributed by atoms with Crippen molar-refractivity contribution >= 4 is 29.5 Å². The molecule has 1 aliphatic rings. The Bertz CT molecular complexity index is 1020. The number of anilines is 1. The van der Waals surface area contributed by atoms with Crippen molar-refractivity contribution in [2.24, 2.45) is 5.92 Å². The molecule has 34 heavy (non-hydrogen) atoms. The molecule has 2 heterocycles. The van der Waals surface area contributed by atoms with Crippen LogP contribution in [0, 0.1) is 5.92 Å². The molecule has 1 unspecified atom stereocenters. The molecule has 1 aromatic carbocycles. The first kappa shape index (κ1) is 26.0. The molecule has 1 fully saturated rings. The van der Waals surface area contributed by atoms with Gasteiger partial charge in [0.15, 0.2) is 5.16 Å². The van der Waals surface area contributed by atoms with Crippen LogP contribution in [0.1, 0.15) is 62.2 Å². The molecule has 7 nitrogen and oxygen atoms in total. The summed E-state index contributed by atoms with van der Waals surface area (Å²) in [6.45, 7) is 9.67. The summed E-state index contributed by atoms with van der Waals surface area (Å²) in [5.74, 6) is 1.05. The average Bonchev–Trinajstić information content (AvgIpc) is 2.82. The van der Waals surface area contributed by atoms with E-state index in [-0.39, 0.29) is 23.2 Å². The summed E-state index contributed by atoms with van der Waals surface area (Å²) in [6.07, 6.45) is 1.57. The Labute approximate surface area is 207 Å². The Morgan fingerprint density at radius 2 is 1.97 bits per heavy atom. The fraction of sp³-hybridized carbons (Fsp3) is 0.538. The van der Waals surface area contributed by atoms with Crippen molar-refractivity contribution in [2.45, 2.75) is 56.9 Å². The summed E-state index contributed by atoms with van der Waals surface area (Å²) in [5, 5.41) is 0.723. The molecule has 0 spiro atoms. The van der Waals surface area contributed by atoms with Gasteiger partial charge in [-0.3, -0.25) is 9.59 Å². The first-order chi connectivity index (χ1) is 16.1. The van der Waals surface area contributed by atoms with E-state index in [1.165, 1.54) is 0 Å². The van der Waals surface area contributed by atoms with Crippen LogP contribution in [0.25, 0.3) is 0 Å². The highest BCUT2D eigenvalue weighted by Crippen LogP contribution is 2.28. The topological polar surface area (TPSA) is 75.6 Å². The fourth-order valence-corrected chi connectivity index (χ4v) is 4.63. The highest BCUT2D eigenvalue weighted by Gasteiger charge is 2.30. The zero-order valence-corrected chi connectivity index (χ0v) is 21.9. The Hall–Kier alpha value is -2.61. The molecule has 0 radical (unpaired) electrons. The van der Waals surface area contributed by atoms with Gasteiger partial charge in [0, 0.05) is 50.0 Å². The van der Waals surface area contributed by atoms with Crippen LogP contribution in [0.3, 0.4) is 0 Å². The summed E-state index contributed by atoms with van der Waals surface area (Å²) >= 11 is 1.57. The smallest absolute Gasteiger partial charge is 0.310 e. The number of carbonyl (C=O) groups excluding carboxylic acids is 2. The quantitative estimate of drug-likeness (QED) is 0.324. The lowest BCUT2D eigenvalue weighted by atomic mass is 9.92. The zero-order valence-electron chi connectivity index (χ0n) is 21.1. The number of piperidine rings is 1. The van der Waals surface area contributed by atoms with Crippen molar-refractivity contribution < 1.29 is 14.3 Å². The summed E-state index contributed by atoms with van der Waals surface area (Å²) in [7, 11) is 3.96. The van der Waals surface area contributed by atoms with Crippen molar-refractivity contribution in [1.82, 2.24) is 14.9 Å². The highest BCUT2D eigenvalue weighted by molar-refractivity contribution is 7.98. The molecule has 2 aromatic rings. The molecule has 0 N–H and O–H groups in total. The number of aromatic nitrogens is 2. The van der Waals surface area contributed by atoms with E-state index in [1.54, 1.807) is 23.6 Å². The number of hydrogen-bond acceptors (Lipinski definition) is 7. The van der Waals surface area contributed by atoms with E-state index in [2.05, 4.69) is 20.8 Å². The van der Waals surface area contributed by atoms with Crippen LogP contribution >= 0.6 is 11.8 Å². The van der Waals surface area contributed by atoms with Crippen LogP contribution in [0.15, 0.2) is 35.5 Å². The predicted octanol–water partition coefficient (Wildman–Crippen LogP) is 4.55. The van der Waals surface area contributed by atoms with Crippen molar-refractivity contribution in [2.75, 3.05) is 38.7 Å². The number of nitrogens with zero attached hydrogens (tertiary/aromatic N) is 4.